The van der Waals surface area contributed by atoms with Gasteiger partial charge in [0.1, 0.15) is 12.4 Å². The first-order valence-corrected chi connectivity index (χ1v) is 9.76. The molecule has 142 valence electrons. The standard InChI is InChI=1S/C24H23NO3/c1-2-4-18(5-3-1)15-26-20-8-6-17(7-9-20)12-22-21-14-24-23(27-16-28-24)13-19(21)10-11-25-22/h1-9,13-14,22,25H,10-12,15-16H2. The average Bonchev–Trinajstić information content (AvgIpc) is 3.20. The van der Waals surface area contributed by atoms with Gasteiger partial charge < -0.3 is 19.5 Å². The predicted molar refractivity (Wildman–Crippen MR) is 108 cm³/mol. The Kier molecular flexibility index (Phi) is 4.63. The summed E-state index contributed by atoms with van der Waals surface area (Å²) >= 11 is 0. The lowest BCUT2D eigenvalue weighted by Crippen LogP contribution is -2.31. The highest BCUT2D eigenvalue weighted by Crippen LogP contribution is 2.39. The van der Waals surface area contributed by atoms with Crippen LogP contribution in [-0.4, -0.2) is 13.3 Å². The number of hydrogen-bond acceptors (Lipinski definition) is 4. The summed E-state index contributed by atoms with van der Waals surface area (Å²) in [6, 6.07) is 23.2. The summed E-state index contributed by atoms with van der Waals surface area (Å²) < 4.78 is 17.0. The molecule has 0 spiro atoms. The van der Waals surface area contributed by atoms with E-state index >= 15 is 0 Å². The van der Waals surface area contributed by atoms with Crippen LogP contribution in [0.2, 0.25) is 0 Å². The van der Waals surface area contributed by atoms with Crippen LogP contribution in [-0.2, 0) is 19.4 Å². The zero-order valence-electron chi connectivity index (χ0n) is 15.7. The number of hydrogen-bond donors (Lipinski definition) is 1. The molecule has 0 aromatic heterocycles. The molecule has 4 heteroatoms. The van der Waals surface area contributed by atoms with E-state index in [4.69, 9.17) is 14.2 Å². The van der Waals surface area contributed by atoms with Gasteiger partial charge in [-0.15, -0.1) is 0 Å². The van der Waals surface area contributed by atoms with Crippen molar-refractivity contribution in [2.24, 2.45) is 0 Å². The van der Waals surface area contributed by atoms with Gasteiger partial charge in [-0.05, 0) is 65.9 Å². The monoisotopic (exact) mass is 373 g/mol. The van der Waals surface area contributed by atoms with Crippen LogP contribution >= 0.6 is 0 Å². The highest BCUT2D eigenvalue weighted by molar-refractivity contribution is 5.51. The maximum absolute atomic E-state index is 5.90. The van der Waals surface area contributed by atoms with Gasteiger partial charge in [0.2, 0.25) is 6.79 Å². The van der Waals surface area contributed by atoms with Crippen LogP contribution in [0.25, 0.3) is 0 Å². The zero-order chi connectivity index (χ0) is 18.8. The Labute approximate surface area is 165 Å². The van der Waals surface area contributed by atoms with Crippen molar-refractivity contribution in [2.45, 2.75) is 25.5 Å². The van der Waals surface area contributed by atoms with Crippen molar-refractivity contribution >= 4 is 0 Å². The molecule has 4 nitrogen and oxygen atoms in total. The molecule has 0 bridgehead atoms. The first-order valence-electron chi connectivity index (χ1n) is 9.76. The number of nitrogens with one attached hydrogen (secondary N) is 1. The summed E-state index contributed by atoms with van der Waals surface area (Å²) in [5.74, 6) is 2.63. The minimum atomic E-state index is 0.286. The van der Waals surface area contributed by atoms with Crippen molar-refractivity contribution in [3.8, 4) is 17.2 Å². The third kappa shape index (κ3) is 3.56. The summed E-state index contributed by atoms with van der Waals surface area (Å²) in [6.07, 6.45) is 1.96. The van der Waals surface area contributed by atoms with E-state index in [1.807, 2.05) is 18.2 Å². The van der Waals surface area contributed by atoms with Crippen molar-refractivity contribution in [1.82, 2.24) is 5.32 Å². The van der Waals surface area contributed by atoms with Gasteiger partial charge in [0, 0.05) is 6.04 Å². The van der Waals surface area contributed by atoms with E-state index in [1.54, 1.807) is 0 Å². The van der Waals surface area contributed by atoms with Crippen molar-refractivity contribution in [3.05, 3.63) is 89.0 Å². The van der Waals surface area contributed by atoms with E-state index in [0.717, 1.165) is 36.6 Å². The fourth-order valence-electron chi connectivity index (χ4n) is 3.91. The number of benzene rings is 3. The molecule has 1 unspecified atom stereocenters. The molecule has 1 atom stereocenters. The van der Waals surface area contributed by atoms with Gasteiger partial charge in [-0.3, -0.25) is 0 Å². The number of rotatable bonds is 5. The maximum Gasteiger partial charge on any atom is 0.231 e. The molecule has 0 fully saturated rings. The second-order valence-electron chi connectivity index (χ2n) is 7.28. The normalized spacial score (nSPS) is 17.2. The molecule has 1 N–H and O–H groups in total. The summed E-state index contributed by atoms with van der Waals surface area (Å²) in [7, 11) is 0. The van der Waals surface area contributed by atoms with Gasteiger partial charge in [0.15, 0.2) is 11.5 Å². The molecular weight excluding hydrogens is 350 g/mol. The fourth-order valence-corrected chi connectivity index (χ4v) is 3.91. The predicted octanol–water partition coefficient (Wildman–Crippen LogP) is 4.42. The van der Waals surface area contributed by atoms with Crippen molar-refractivity contribution in [2.75, 3.05) is 13.3 Å². The molecule has 0 amide bonds. The number of fused-ring (bicyclic) bond motifs is 2. The van der Waals surface area contributed by atoms with Crippen molar-refractivity contribution in [1.29, 1.82) is 0 Å². The molecule has 2 aliphatic rings. The van der Waals surface area contributed by atoms with Gasteiger partial charge in [-0.1, -0.05) is 42.5 Å². The van der Waals surface area contributed by atoms with Crippen molar-refractivity contribution in [3.63, 3.8) is 0 Å². The lowest BCUT2D eigenvalue weighted by atomic mass is 9.90. The Morgan fingerprint density at radius 1 is 0.893 bits per heavy atom. The third-order valence-electron chi connectivity index (χ3n) is 5.41. The Bertz CT molecular complexity index is 954. The van der Waals surface area contributed by atoms with Crippen LogP contribution in [0.5, 0.6) is 17.2 Å². The van der Waals surface area contributed by atoms with Gasteiger partial charge in [-0.2, -0.15) is 0 Å². The van der Waals surface area contributed by atoms with E-state index in [1.165, 1.54) is 22.3 Å². The molecule has 3 aromatic carbocycles. The second-order valence-corrected chi connectivity index (χ2v) is 7.28. The van der Waals surface area contributed by atoms with E-state index in [2.05, 4.69) is 53.8 Å². The van der Waals surface area contributed by atoms with Crippen LogP contribution in [0.1, 0.15) is 28.3 Å². The minimum Gasteiger partial charge on any atom is -0.489 e. The third-order valence-corrected chi connectivity index (χ3v) is 5.41. The van der Waals surface area contributed by atoms with Crippen LogP contribution in [0.3, 0.4) is 0 Å². The first-order chi connectivity index (χ1) is 13.8. The van der Waals surface area contributed by atoms with Crippen LogP contribution in [0.4, 0.5) is 0 Å². The quantitative estimate of drug-likeness (QED) is 0.718. The molecule has 3 aromatic rings. The van der Waals surface area contributed by atoms with E-state index < -0.39 is 0 Å². The zero-order valence-corrected chi connectivity index (χ0v) is 15.7. The average molecular weight is 373 g/mol. The summed E-state index contributed by atoms with van der Waals surface area (Å²) in [6.45, 7) is 1.89. The van der Waals surface area contributed by atoms with E-state index in [-0.39, 0.29) is 6.04 Å². The molecule has 0 aliphatic carbocycles. The highest BCUT2D eigenvalue weighted by Gasteiger charge is 2.25. The lowest BCUT2D eigenvalue weighted by molar-refractivity contribution is 0.174. The minimum absolute atomic E-state index is 0.286. The van der Waals surface area contributed by atoms with Gasteiger partial charge >= 0.3 is 0 Å². The second kappa shape index (κ2) is 7.56. The van der Waals surface area contributed by atoms with Crippen LogP contribution < -0.4 is 19.5 Å². The molecule has 2 heterocycles. The van der Waals surface area contributed by atoms with Crippen LogP contribution in [0.15, 0.2) is 66.7 Å². The highest BCUT2D eigenvalue weighted by atomic mass is 16.7. The van der Waals surface area contributed by atoms with Gasteiger partial charge in [0.05, 0.1) is 0 Å². The Morgan fingerprint density at radius 2 is 1.68 bits per heavy atom. The SMILES string of the molecule is c1ccc(COc2ccc(CC3NCCc4cc5c(cc43)OCO5)cc2)cc1. The van der Waals surface area contributed by atoms with Crippen molar-refractivity contribution < 1.29 is 14.2 Å². The molecule has 0 saturated heterocycles. The molecular formula is C24H23NO3. The Hall–Kier alpha value is -2.98. The number of ether oxygens (including phenoxy) is 3. The van der Waals surface area contributed by atoms with Crippen LogP contribution in [0, 0.1) is 0 Å². The van der Waals surface area contributed by atoms with Gasteiger partial charge in [0.25, 0.3) is 0 Å². The summed E-state index contributed by atoms with van der Waals surface area (Å²) in [4.78, 5) is 0. The topological polar surface area (TPSA) is 39.7 Å². The summed E-state index contributed by atoms with van der Waals surface area (Å²) in [5, 5.41) is 3.65. The first kappa shape index (κ1) is 17.1. The lowest BCUT2D eigenvalue weighted by Gasteiger charge is -2.27. The maximum atomic E-state index is 5.90. The molecule has 28 heavy (non-hydrogen) atoms. The fraction of sp³-hybridized carbons (Fsp3) is 0.250. The molecule has 5 rings (SSSR count). The molecule has 2 aliphatic heterocycles. The molecule has 0 saturated carbocycles. The van der Waals surface area contributed by atoms with E-state index in [0.29, 0.717) is 13.4 Å². The smallest absolute Gasteiger partial charge is 0.231 e. The van der Waals surface area contributed by atoms with Gasteiger partial charge in [-0.25, -0.2) is 0 Å². The summed E-state index contributed by atoms with van der Waals surface area (Å²) in [5.41, 5.74) is 5.14. The Balaban J connectivity index is 1.27. The largest absolute Gasteiger partial charge is 0.489 e. The molecule has 0 radical (unpaired) electrons. The van der Waals surface area contributed by atoms with E-state index in [9.17, 15) is 0 Å². The Morgan fingerprint density at radius 3 is 2.50 bits per heavy atom.